The standard InChI is InChI=1S/C12H7FN2O2/c13-10-3-2-8-7(1-4-11(16)17)6-15-12(8)9(10)5-14/h1-4,6,15H,(H,16,17)/b4-1+. The highest BCUT2D eigenvalue weighted by atomic mass is 19.1. The van der Waals surface area contributed by atoms with Crippen molar-refractivity contribution >= 4 is 22.9 Å². The van der Waals surface area contributed by atoms with Gasteiger partial charge in [0.25, 0.3) is 0 Å². The van der Waals surface area contributed by atoms with Crippen molar-refractivity contribution in [1.29, 1.82) is 5.26 Å². The largest absolute Gasteiger partial charge is 0.478 e. The molecule has 0 radical (unpaired) electrons. The third-order valence-corrected chi connectivity index (χ3v) is 2.35. The van der Waals surface area contributed by atoms with E-state index in [2.05, 4.69) is 4.98 Å². The zero-order chi connectivity index (χ0) is 12.4. The molecule has 17 heavy (non-hydrogen) atoms. The third-order valence-electron chi connectivity index (χ3n) is 2.35. The highest BCUT2D eigenvalue weighted by molar-refractivity contribution is 5.95. The lowest BCUT2D eigenvalue weighted by Gasteiger charge is -1.96. The molecule has 0 aliphatic heterocycles. The number of nitriles is 1. The number of H-pyrrole nitrogens is 1. The molecule has 4 nitrogen and oxygen atoms in total. The van der Waals surface area contributed by atoms with E-state index in [-0.39, 0.29) is 5.56 Å². The molecule has 0 spiro atoms. The maximum atomic E-state index is 13.3. The third kappa shape index (κ3) is 1.88. The van der Waals surface area contributed by atoms with E-state index in [0.717, 1.165) is 6.08 Å². The molecule has 0 saturated carbocycles. The normalized spacial score (nSPS) is 10.8. The highest BCUT2D eigenvalue weighted by Crippen LogP contribution is 2.24. The summed E-state index contributed by atoms with van der Waals surface area (Å²) in [6.45, 7) is 0. The van der Waals surface area contributed by atoms with Crippen LogP contribution in [0.5, 0.6) is 0 Å². The zero-order valence-corrected chi connectivity index (χ0v) is 8.57. The molecular formula is C12H7FN2O2. The molecule has 0 atom stereocenters. The summed E-state index contributed by atoms with van der Waals surface area (Å²) >= 11 is 0. The van der Waals surface area contributed by atoms with Gasteiger partial charge in [0.05, 0.1) is 5.52 Å². The van der Waals surface area contributed by atoms with Crippen molar-refractivity contribution in [1.82, 2.24) is 4.98 Å². The maximum absolute atomic E-state index is 13.3. The first kappa shape index (κ1) is 10.9. The van der Waals surface area contributed by atoms with E-state index < -0.39 is 11.8 Å². The number of hydrogen-bond acceptors (Lipinski definition) is 2. The van der Waals surface area contributed by atoms with E-state index in [1.807, 2.05) is 0 Å². The van der Waals surface area contributed by atoms with E-state index in [1.54, 1.807) is 6.07 Å². The van der Waals surface area contributed by atoms with Gasteiger partial charge in [-0.2, -0.15) is 5.26 Å². The van der Waals surface area contributed by atoms with Crippen molar-refractivity contribution in [3.63, 3.8) is 0 Å². The first-order valence-corrected chi connectivity index (χ1v) is 4.74. The number of carbonyl (C=O) groups is 1. The molecule has 0 fully saturated rings. The Hall–Kier alpha value is -2.61. The predicted octanol–water partition coefficient (Wildman–Crippen LogP) is 2.28. The fourth-order valence-corrected chi connectivity index (χ4v) is 1.60. The highest BCUT2D eigenvalue weighted by Gasteiger charge is 2.10. The van der Waals surface area contributed by atoms with Crippen LogP contribution in [0.25, 0.3) is 17.0 Å². The zero-order valence-electron chi connectivity index (χ0n) is 8.57. The SMILES string of the molecule is N#Cc1c(F)ccc2c(/C=C/C(=O)O)c[nH]c12. The molecule has 84 valence electrons. The van der Waals surface area contributed by atoms with Crippen LogP contribution in [0.4, 0.5) is 4.39 Å². The Morgan fingerprint density at radius 2 is 2.29 bits per heavy atom. The molecule has 0 unspecified atom stereocenters. The fourth-order valence-electron chi connectivity index (χ4n) is 1.60. The van der Waals surface area contributed by atoms with Crippen LogP contribution < -0.4 is 0 Å². The van der Waals surface area contributed by atoms with E-state index >= 15 is 0 Å². The molecule has 1 aromatic carbocycles. The molecule has 0 saturated heterocycles. The van der Waals surface area contributed by atoms with Crippen LogP contribution in [0.1, 0.15) is 11.1 Å². The summed E-state index contributed by atoms with van der Waals surface area (Å²) in [5, 5.41) is 18.0. The van der Waals surface area contributed by atoms with Crippen LogP contribution in [0.2, 0.25) is 0 Å². The van der Waals surface area contributed by atoms with Crippen molar-refractivity contribution in [2.24, 2.45) is 0 Å². The van der Waals surface area contributed by atoms with Gasteiger partial charge in [0, 0.05) is 23.2 Å². The average Bonchev–Trinajstić information content (AvgIpc) is 2.69. The summed E-state index contributed by atoms with van der Waals surface area (Å²) in [4.78, 5) is 13.2. The molecule has 2 N–H and O–H groups in total. The number of rotatable bonds is 2. The smallest absolute Gasteiger partial charge is 0.328 e. The van der Waals surface area contributed by atoms with Crippen molar-refractivity contribution in [3.05, 3.63) is 41.3 Å². The van der Waals surface area contributed by atoms with Crippen LogP contribution >= 0.6 is 0 Å². The fraction of sp³-hybridized carbons (Fsp3) is 0. The topological polar surface area (TPSA) is 76.9 Å². The molecule has 5 heteroatoms. The number of carboxylic acid groups (broad SMARTS) is 1. The molecular weight excluding hydrogens is 223 g/mol. The number of hydrogen-bond donors (Lipinski definition) is 2. The van der Waals surface area contributed by atoms with Crippen LogP contribution in [-0.4, -0.2) is 16.1 Å². The second-order valence-electron chi connectivity index (χ2n) is 3.37. The number of nitrogens with zero attached hydrogens (tertiary/aromatic N) is 1. The number of carboxylic acids is 1. The van der Waals surface area contributed by atoms with Crippen LogP contribution in [0.3, 0.4) is 0 Å². The van der Waals surface area contributed by atoms with E-state index in [9.17, 15) is 9.18 Å². The predicted molar refractivity (Wildman–Crippen MR) is 59.6 cm³/mol. The number of aromatic nitrogens is 1. The van der Waals surface area contributed by atoms with Gasteiger partial charge in [0.15, 0.2) is 0 Å². The van der Waals surface area contributed by atoms with Crippen LogP contribution in [0.15, 0.2) is 24.4 Å². The first-order valence-electron chi connectivity index (χ1n) is 4.74. The molecule has 1 heterocycles. The van der Waals surface area contributed by atoms with Crippen LogP contribution in [-0.2, 0) is 4.79 Å². The van der Waals surface area contributed by atoms with Gasteiger partial charge in [0.2, 0.25) is 0 Å². The molecule has 1 aromatic heterocycles. The molecule has 2 rings (SSSR count). The Balaban J connectivity index is 2.64. The van der Waals surface area contributed by atoms with Gasteiger partial charge in [-0.15, -0.1) is 0 Å². The Morgan fingerprint density at radius 3 is 2.94 bits per heavy atom. The number of halogens is 1. The van der Waals surface area contributed by atoms with Gasteiger partial charge >= 0.3 is 5.97 Å². The minimum Gasteiger partial charge on any atom is -0.478 e. The lowest BCUT2D eigenvalue weighted by molar-refractivity contribution is -0.131. The van der Waals surface area contributed by atoms with E-state index in [4.69, 9.17) is 10.4 Å². The van der Waals surface area contributed by atoms with Gasteiger partial charge in [-0.25, -0.2) is 9.18 Å². The monoisotopic (exact) mass is 230 g/mol. The molecule has 0 aliphatic rings. The molecule has 0 bridgehead atoms. The van der Waals surface area contributed by atoms with Crippen molar-refractivity contribution in [2.45, 2.75) is 0 Å². The van der Waals surface area contributed by atoms with E-state index in [1.165, 1.54) is 24.4 Å². The van der Waals surface area contributed by atoms with Crippen molar-refractivity contribution in [3.8, 4) is 6.07 Å². The Bertz CT molecular complexity index is 665. The Kier molecular flexibility index (Phi) is 2.63. The second kappa shape index (κ2) is 4.10. The van der Waals surface area contributed by atoms with E-state index in [0.29, 0.717) is 16.5 Å². The minimum absolute atomic E-state index is 0.0718. The summed E-state index contributed by atoms with van der Waals surface area (Å²) in [5.41, 5.74) is 0.897. The van der Waals surface area contributed by atoms with Gasteiger partial charge in [0.1, 0.15) is 17.4 Å². The second-order valence-corrected chi connectivity index (χ2v) is 3.37. The summed E-state index contributed by atoms with van der Waals surface area (Å²) in [6.07, 6.45) is 3.91. The van der Waals surface area contributed by atoms with Gasteiger partial charge in [-0.05, 0) is 18.2 Å². The number of nitrogens with one attached hydrogen (secondary N) is 1. The molecule has 0 aliphatic carbocycles. The molecule has 2 aromatic rings. The average molecular weight is 230 g/mol. The summed E-state index contributed by atoms with van der Waals surface area (Å²) < 4.78 is 13.3. The quantitative estimate of drug-likeness (QED) is 0.777. The Labute approximate surface area is 95.6 Å². The van der Waals surface area contributed by atoms with Gasteiger partial charge in [-0.1, -0.05) is 0 Å². The summed E-state index contributed by atoms with van der Waals surface area (Å²) in [6, 6.07) is 4.46. The van der Waals surface area contributed by atoms with Crippen LogP contribution in [0, 0.1) is 17.1 Å². The lowest BCUT2D eigenvalue weighted by atomic mass is 10.1. The first-order chi connectivity index (χ1) is 8.13. The van der Waals surface area contributed by atoms with Gasteiger partial charge < -0.3 is 10.1 Å². The number of aromatic amines is 1. The number of benzene rings is 1. The lowest BCUT2D eigenvalue weighted by Crippen LogP contribution is -1.86. The minimum atomic E-state index is -1.07. The van der Waals surface area contributed by atoms with Crippen molar-refractivity contribution in [2.75, 3.05) is 0 Å². The number of fused-ring (bicyclic) bond motifs is 1. The number of aliphatic carboxylic acids is 1. The maximum Gasteiger partial charge on any atom is 0.328 e. The summed E-state index contributed by atoms with van der Waals surface area (Å²) in [7, 11) is 0. The summed E-state index contributed by atoms with van der Waals surface area (Å²) in [5.74, 6) is -1.67. The van der Waals surface area contributed by atoms with Gasteiger partial charge in [-0.3, -0.25) is 0 Å². The Morgan fingerprint density at radius 1 is 1.53 bits per heavy atom. The van der Waals surface area contributed by atoms with Crippen molar-refractivity contribution < 1.29 is 14.3 Å². The molecule has 0 amide bonds.